The van der Waals surface area contributed by atoms with Crippen LogP contribution in [0.4, 0.5) is 0 Å². The Kier molecular flexibility index (Phi) is 5.02. The normalized spacial score (nSPS) is 11.6. The second kappa shape index (κ2) is 6.55. The maximum atomic E-state index is 5.64. The van der Waals surface area contributed by atoms with Gasteiger partial charge in [0, 0.05) is 34.3 Å². The molecule has 19 heavy (non-hydrogen) atoms. The Hall–Kier alpha value is -0.840. The Morgan fingerprint density at radius 2 is 1.79 bits per heavy atom. The van der Waals surface area contributed by atoms with Gasteiger partial charge in [-0.2, -0.15) is 0 Å². The van der Waals surface area contributed by atoms with Crippen LogP contribution < -0.4 is 0 Å². The van der Waals surface area contributed by atoms with Crippen LogP contribution in [0.1, 0.15) is 19.5 Å². The highest BCUT2D eigenvalue weighted by molar-refractivity contribution is 9.10. The summed E-state index contributed by atoms with van der Waals surface area (Å²) in [6.45, 7) is 8.11. The highest BCUT2D eigenvalue weighted by Gasteiger charge is 2.16. The van der Waals surface area contributed by atoms with Crippen LogP contribution >= 0.6 is 15.9 Å². The fourth-order valence-corrected chi connectivity index (χ4v) is 2.85. The lowest BCUT2D eigenvalue weighted by Gasteiger charge is -2.19. The number of benzene rings is 1. The van der Waals surface area contributed by atoms with Crippen molar-refractivity contribution in [1.29, 1.82) is 0 Å². The summed E-state index contributed by atoms with van der Waals surface area (Å²) in [6.07, 6.45) is -0.198. The first-order valence-electron chi connectivity index (χ1n) is 6.65. The van der Waals surface area contributed by atoms with E-state index in [1.807, 2.05) is 13.8 Å². The number of halogens is 1. The number of aromatic nitrogens is 1. The van der Waals surface area contributed by atoms with Crippen molar-refractivity contribution >= 4 is 26.8 Å². The number of hydrogen-bond donors (Lipinski definition) is 0. The van der Waals surface area contributed by atoms with Gasteiger partial charge in [0.15, 0.2) is 6.29 Å². The first-order valence-corrected chi connectivity index (χ1v) is 7.44. The van der Waals surface area contributed by atoms with E-state index in [0.717, 1.165) is 4.47 Å². The molecule has 0 unspecified atom stereocenters. The average molecular weight is 326 g/mol. The second-order valence-corrected chi connectivity index (χ2v) is 5.16. The molecule has 0 saturated heterocycles. The fourth-order valence-electron chi connectivity index (χ4n) is 2.30. The lowest BCUT2D eigenvalue weighted by molar-refractivity contribution is -0.143. The molecule has 0 fully saturated rings. The summed E-state index contributed by atoms with van der Waals surface area (Å²) in [5, 5.41) is 1.23. The Bertz CT molecular complexity index is 544. The van der Waals surface area contributed by atoms with E-state index in [4.69, 9.17) is 9.47 Å². The highest BCUT2D eigenvalue weighted by Crippen LogP contribution is 2.30. The van der Waals surface area contributed by atoms with Crippen molar-refractivity contribution in [3.63, 3.8) is 0 Å². The fraction of sp³-hybridized carbons (Fsp3) is 0.467. The first kappa shape index (κ1) is 14.6. The summed E-state index contributed by atoms with van der Waals surface area (Å²) in [7, 11) is 0. The number of rotatable bonds is 6. The molecular weight excluding hydrogens is 306 g/mol. The predicted octanol–water partition coefficient (Wildman–Crippen LogP) is 4.11. The molecule has 104 valence electrons. The van der Waals surface area contributed by atoms with Crippen LogP contribution in [0.3, 0.4) is 0 Å². The number of ether oxygens (including phenoxy) is 2. The van der Waals surface area contributed by atoms with Crippen LogP contribution in [0.5, 0.6) is 0 Å². The third-order valence-corrected chi connectivity index (χ3v) is 4.19. The van der Waals surface area contributed by atoms with E-state index < -0.39 is 0 Å². The van der Waals surface area contributed by atoms with Crippen molar-refractivity contribution in [3.05, 3.63) is 34.4 Å². The number of para-hydroxylation sites is 1. The Morgan fingerprint density at radius 1 is 1.16 bits per heavy atom. The Labute approximate surface area is 122 Å². The van der Waals surface area contributed by atoms with Gasteiger partial charge in [-0.15, -0.1) is 0 Å². The Morgan fingerprint density at radius 3 is 2.42 bits per heavy atom. The summed E-state index contributed by atoms with van der Waals surface area (Å²) < 4.78 is 14.7. The van der Waals surface area contributed by atoms with Crippen LogP contribution in [0.25, 0.3) is 10.9 Å². The second-order valence-electron chi connectivity index (χ2n) is 4.37. The van der Waals surface area contributed by atoms with E-state index >= 15 is 0 Å². The highest BCUT2D eigenvalue weighted by atomic mass is 79.9. The van der Waals surface area contributed by atoms with E-state index in [0.29, 0.717) is 19.8 Å². The first-order chi connectivity index (χ1) is 9.19. The zero-order valence-corrected chi connectivity index (χ0v) is 13.2. The van der Waals surface area contributed by atoms with Crippen molar-refractivity contribution < 1.29 is 9.47 Å². The summed E-state index contributed by atoms with van der Waals surface area (Å²) in [6, 6.07) is 8.36. The monoisotopic (exact) mass is 325 g/mol. The average Bonchev–Trinajstić information content (AvgIpc) is 2.65. The molecule has 2 rings (SSSR count). The minimum absolute atomic E-state index is 0.198. The maximum Gasteiger partial charge on any atom is 0.175 e. The zero-order valence-electron chi connectivity index (χ0n) is 11.6. The SMILES string of the molecule is CCOC(Cn1c(C)c(Br)c2ccccc21)OCC. The van der Waals surface area contributed by atoms with Crippen molar-refractivity contribution in [2.45, 2.75) is 33.6 Å². The molecule has 1 aromatic heterocycles. The minimum Gasteiger partial charge on any atom is -0.351 e. The number of hydrogen-bond acceptors (Lipinski definition) is 2. The number of nitrogens with zero attached hydrogens (tertiary/aromatic N) is 1. The molecule has 0 spiro atoms. The zero-order chi connectivity index (χ0) is 13.8. The van der Waals surface area contributed by atoms with E-state index in [2.05, 4.69) is 51.7 Å². The van der Waals surface area contributed by atoms with Gasteiger partial charge in [0.25, 0.3) is 0 Å². The molecule has 0 radical (unpaired) electrons. The third-order valence-electron chi connectivity index (χ3n) is 3.19. The largest absolute Gasteiger partial charge is 0.351 e. The summed E-state index contributed by atoms with van der Waals surface area (Å²) >= 11 is 3.67. The molecule has 0 bridgehead atoms. The van der Waals surface area contributed by atoms with E-state index in [9.17, 15) is 0 Å². The van der Waals surface area contributed by atoms with Crippen LogP contribution in [-0.4, -0.2) is 24.1 Å². The molecule has 0 N–H and O–H groups in total. The minimum atomic E-state index is -0.198. The van der Waals surface area contributed by atoms with Gasteiger partial charge in [-0.05, 0) is 42.8 Å². The maximum absolute atomic E-state index is 5.64. The van der Waals surface area contributed by atoms with Gasteiger partial charge in [-0.3, -0.25) is 0 Å². The van der Waals surface area contributed by atoms with Crippen LogP contribution in [0.2, 0.25) is 0 Å². The van der Waals surface area contributed by atoms with E-state index in [1.165, 1.54) is 16.6 Å². The van der Waals surface area contributed by atoms with Crippen molar-refractivity contribution in [2.24, 2.45) is 0 Å². The van der Waals surface area contributed by atoms with Crippen LogP contribution in [0, 0.1) is 6.92 Å². The summed E-state index contributed by atoms with van der Waals surface area (Å²) in [4.78, 5) is 0. The van der Waals surface area contributed by atoms with Gasteiger partial charge in [-0.25, -0.2) is 0 Å². The lowest BCUT2D eigenvalue weighted by atomic mass is 10.2. The number of fused-ring (bicyclic) bond motifs is 1. The van der Waals surface area contributed by atoms with E-state index in [1.54, 1.807) is 0 Å². The molecule has 2 aromatic rings. The van der Waals surface area contributed by atoms with Crippen LogP contribution in [-0.2, 0) is 16.0 Å². The van der Waals surface area contributed by atoms with Gasteiger partial charge in [-0.1, -0.05) is 18.2 Å². The smallest absolute Gasteiger partial charge is 0.175 e. The molecule has 0 atom stereocenters. The van der Waals surface area contributed by atoms with Gasteiger partial charge in [0.05, 0.1) is 6.54 Å². The van der Waals surface area contributed by atoms with Crippen LogP contribution in [0.15, 0.2) is 28.7 Å². The Balaban J connectivity index is 2.36. The molecule has 3 nitrogen and oxygen atoms in total. The molecule has 0 saturated carbocycles. The topological polar surface area (TPSA) is 23.4 Å². The molecule has 0 amide bonds. The van der Waals surface area contributed by atoms with Crippen molar-refractivity contribution in [3.8, 4) is 0 Å². The molecule has 1 aromatic carbocycles. The van der Waals surface area contributed by atoms with Gasteiger partial charge in [0.1, 0.15) is 0 Å². The van der Waals surface area contributed by atoms with E-state index in [-0.39, 0.29) is 6.29 Å². The summed E-state index contributed by atoms with van der Waals surface area (Å²) in [5.74, 6) is 0. The molecular formula is C15H20BrNO2. The predicted molar refractivity (Wildman–Crippen MR) is 81.4 cm³/mol. The standard InChI is InChI=1S/C15H20BrNO2/c1-4-18-14(19-5-2)10-17-11(3)15(16)12-8-6-7-9-13(12)17/h6-9,14H,4-5,10H2,1-3H3. The van der Waals surface area contributed by atoms with Gasteiger partial charge >= 0.3 is 0 Å². The molecule has 0 aliphatic rings. The quantitative estimate of drug-likeness (QED) is 0.746. The van der Waals surface area contributed by atoms with Crippen molar-refractivity contribution in [2.75, 3.05) is 13.2 Å². The van der Waals surface area contributed by atoms with Gasteiger partial charge < -0.3 is 14.0 Å². The molecule has 4 heteroatoms. The van der Waals surface area contributed by atoms with Crippen molar-refractivity contribution in [1.82, 2.24) is 4.57 Å². The summed E-state index contributed by atoms with van der Waals surface area (Å²) in [5.41, 5.74) is 2.40. The lowest BCUT2D eigenvalue weighted by Crippen LogP contribution is -2.24. The molecule has 0 aliphatic carbocycles. The van der Waals surface area contributed by atoms with Gasteiger partial charge in [0.2, 0.25) is 0 Å². The molecule has 0 aliphatic heterocycles. The molecule has 1 heterocycles. The third kappa shape index (κ3) is 3.02.